The fraction of sp³-hybridized carbons (Fsp3) is 0.278. The van der Waals surface area contributed by atoms with E-state index < -0.39 is 4.92 Å². The van der Waals surface area contributed by atoms with Crippen LogP contribution in [0.25, 0.3) is 0 Å². The van der Waals surface area contributed by atoms with Crippen LogP contribution in [-0.2, 0) is 11.3 Å². The molecular formula is C18H21BrN3O4+. The highest BCUT2D eigenvalue weighted by Gasteiger charge is 2.24. The minimum Gasteiger partial charge on any atom is -0.495 e. The van der Waals surface area contributed by atoms with Gasteiger partial charge in [0.25, 0.3) is 11.6 Å². The largest absolute Gasteiger partial charge is 0.495 e. The Morgan fingerprint density at radius 1 is 1.31 bits per heavy atom. The number of quaternary nitrogens is 1. The van der Waals surface area contributed by atoms with E-state index in [-0.39, 0.29) is 23.3 Å². The molecule has 7 nitrogen and oxygen atoms in total. The summed E-state index contributed by atoms with van der Waals surface area (Å²) in [7, 11) is 3.38. The molecule has 1 amide bonds. The van der Waals surface area contributed by atoms with Gasteiger partial charge in [0.05, 0.1) is 24.8 Å². The smallest absolute Gasteiger partial charge is 0.282 e. The number of hydrogen-bond donors (Lipinski definition) is 2. The summed E-state index contributed by atoms with van der Waals surface area (Å²) in [6.07, 6.45) is 0. The van der Waals surface area contributed by atoms with Crippen LogP contribution >= 0.6 is 15.9 Å². The van der Waals surface area contributed by atoms with Crippen LogP contribution in [0.2, 0.25) is 0 Å². The maximum Gasteiger partial charge on any atom is 0.282 e. The predicted octanol–water partition coefficient (Wildman–Crippen LogP) is 2.41. The van der Waals surface area contributed by atoms with Gasteiger partial charge in [-0.1, -0.05) is 28.1 Å². The molecule has 2 atom stereocenters. The molecule has 2 aromatic rings. The Labute approximate surface area is 160 Å². The van der Waals surface area contributed by atoms with Crippen LogP contribution in [0, 0.1) is 10.1 Å². The van der Waals surface area contributed by atoms with Gasteiger partial charge in [0.2, 0.25) is 0 Å². The second kappa shape index (κ2) is 8.77. The first-order valence-electron chi connectivity index (χ1n) is 8.02. The van der Waals surface area contributed by atoms with E-state index in [0.717, 1.165) is 14.9 Å². The van der Waals surface area contributed by atoms with Crippen LogP contribution in [0.3, 0.4) is 0 Å². The maximum absolute atomic E-state index is 12.6. The van der Waals surface area contributed by atoms with Gasteiger partial charge in [0, 0.05) is 22.2 Å². The van der Waals surface area contributed by atoms with Crippen LogP contribution in [0.1, 0.15) is 12.5 Å². The van der Waals surface area contributed by atoms with Crippen LogP contribution in [0.15, 0.2) is 46.9 Å². The van der Waals surface area contributed by atoms with E-state index in [9.17, 15) is 14.9 Å². The number of carbonyl (C=O) groups excluding carboxylic acids is 1. The quantitative estimate of drug-likeness (QED) is 0.529. The summed E-state index contributed by atoms with van der Waals surface area (Å²) in [6.45, 7) is 2.49. The molecule has 0 aliphatic rings. The molecule has 2 N–H and O–H groups in total. The van der Waals surface area contributed by atoms with E-state index in [1.54, 1.807) is 0 Å². The molecule has 0 aliphatic heterocycles. The summed E-state index contributed by atoms with van der Waals surface area (Å²) in [4.78, 5) is 24.0. The molecular weight excluding hydrogens is 402 g/mol. The fourth-order valence-corrected chi connectivity index (χ4v) is 2.71. The number of benzene rings is 2. The Kier molecular flexibility index (Phi) is 6.70. The molecule has 0 saturated carbocycles. The van der Waals surface area contributed by atoms with E-state index in [4.69, 9.17) is 4.74 Å². The zero-order valence-electron chi connectivity index (χ0n) is 14.8. The van der Waals surface area contributed by atoms with Gasteiger partial charge in [0.15, 0.2) is 6.04 Å². The van der Waals surface area contributed by atoms with Gasteiger partial charge in [-0.25, -0.2) is 0 Å². The monoisotopic (exact) mass is 422 g/mol. The number of hydrogen-bond acceptors (Lipinski definition) is 4. The van der Waals surface area contributed by atoms with Crippen molar-refractivity contribution in [2.45, 2.75) is 19.5 Å². The molecule has 1 unspecified atom stereocenters. The molecule has 0 bridgehead atoms. The molecule has 0 heterocycles. The first-order chi connectivity index (χ1) is 12.3. The number of amides is 1. The third-order valence-corrected chi connectivity index (χ3v) is 4.71. The number of nitrogens with one attached hydrogen (secondary N) is 2. The number of likely N-dealkylation sites (N-methyl/N-ethyl adjacent to an activating group) is 1. The average Bonchev–Trinajstić information content (AvgIpc) is 2.62. The third-order valence-electron chi connectivity index (χ3n) is 4.18. The van der Waals surface area contributed by atoms with Crippen molar-refractivity contribution >= 4 is 33.2 Å². The molecule has 0 radical (unpaired) electrons. The molecule has 0 fully saturated rings. The lowest BCUT2D eigenvalue weighted by Gasteiger charge is -2.21. The van der Waals surface area contributed by atoms with Crippen LogP contribution < -0.4 is 15.0 Å². The first-order valence-corrected chi connectivity index (χ1v) is 8.81. The van der Waals surface area contributed by atoms with Crippen molar-refractivity contribution in [2.75, 3.05) is 19.5 Å². The Morgan fingerprint density at radius 3 is 2.54 bits per heavy atom. The van der Waals surface area contributed by atoms with E-state index in [1.807, 2.05) is 38.2 Å². The number of methoxy groups -OCH3 is 1. The van der Waals surface area contributed by atoms with Gasteiger partial charge in [-0.3, -0.25) is 14.9 Å². The molecule has 26 heavy (non-hydrogen) atoms. The van der Waals surface area contributed by atoms with Gasteiger partial charge in [-0.2, -0.15) is 0 Å². The van der Waals surface area contributed by atoms with Crippen LogP contribution in [-0.4, -0.2) is 31.0 Å². The molecule has 0 saturated heterocycles. The molecule has 8 heteroatoms. The average molecular weight is 423 g/mol. The number of halogens is 1. The van der Waals surface area contributed by atoms with E-state index in [2.05, 4.69) is 21.2 Å². The first kappa shape index (κ1) is 19.9. The minimum absolute atomic E-state index is 0.107. The Hall–Kier alpha value is -2.45. The van der Waals surface area contributed by atoms with Crippen molar-refractivity contribution in [2.24, 2.45) is 0 Å². The summed E-state index contributed by atoms with van der Waals surface area (Å²) in [5, 5.41) is 13.7. The summed E-state index contributed by atoms with van der Waals surface area (Å²) >= 11 is 3.40. The highest BCUT2D eigenvalue weighted by atomic mass is 79.9. The Morgan fingerprint density at radius 2 is 1.96 bits per heavy atom. The van der Waals surface area contributed by atoms with Gasteiger partial charge in [0.1, 0.15) is 12.3 Å². The fourth-order valence-electron chi connectivity index (χ4n) is 2.45. The lowest BCUT2D eigenvalue weighted by Crippen LogP contribution is -3.12. The number of ether oxygens (including phenoxy) is 1. The van der Waals surface area contributed by atoms with Crippen molar-refractivity contribution < 1.29 is 19.4 Å². The number of anilines is 1. The third kappa shape index (κ3) is 5.03. The second-order valence-corrected chi connectivity index (χ2v) is 6.92. The van der Waals surface area contributed by atoms with Crippen molar-refractivity contribution in [1.29, 1.82) is 0 Å². The highest BCUT2D eigenvalue weighted by molar-refractivity contribution is 9.10. The summed E-state index contributed by atoms with van der Waals surface area (Å²) in [5.41, 5.74) is 1.29. The molecule has 138 valence electrons. The van der Waals surface area contributed by atoms with Gasteiger partial charge < -0.3 is 15.0 Å². The molecule has 2 aromatic carbocycles. The maximum atomic E-state index is 12.6. The van der Waals surface area contributed by atoms with Gasteiger partial charge in [-0.05, 0) is 25.1 Å². The van der Waals surface area contributed by atoms with Crippen LogP contribution in [0.4, 0.5) is 11.4 Å². The SMILES string of the molecule is COc1ccc([N+](=O)[O-])cc1NC(=O)[C@H](C)[NH+](C)Cc1ccc(Br)cc1. The van der Waals surface area contributed by atoms with E-state index >= 15 is 0 Å². The minimum atomic E-state index is -0.510. The van der Waals surface area contributed by atoms with Gasteiger partial charge in [-0.15, -0.1) is 0 Å². The Balaban J connectivity index is 2.09. The second-order valence-electron chi connectivity index (χ2n) is 6.00. The number of rotatable bonds is 7. The number of non-ortho nitro benzene ring substituents is 1. The normalized spacial score (nSPS) is 12.9. The summed E-state index contributed by atoms with van der Waals surface area (Å²) in [5.74, 6) is 0.139. The van der Waals surface area contributed by atoms with Crippen molar-refractivity contribution in [3.8, 4) is 5.75 Å². The zero-order chi connectivity index (χ0) is 19.3. The Bertz CT molecular complexity index is 796. The summed E-state index contributed by atoms with van der Waals surface area (Å²) in [6, 6.07) is 11.7. The molecule has 0 spiro atoms. The number of nitro groups is 1. The lowest BCUT2D eigenvalue weighted by atomic mass is 10.2. The lowest BCUT2D eigenvalue weighted by molar-refractivity contribution is -0.907. The standard InChI is InChI=1S/C18H20BrN3O4/c1-12(21(2)11-13-4-6-14(19)7-5-13)18(23)20-16-10-15(22(24)25)8-9-17(16)26-3/h4-10,12H,11H2,1-3H3,(H,20,23)/p+1/t12-/m0/s1. The predicted molar refractivity (Wildman–Crippen MR) is 102 cm³/mol. The van der Waals surface area contributed by atoms with Crippen molar-refractivity contribution in [1.82, 2.24) is 0 Å². The highest BCUT2D eigenvalue weighted by Crippen LogP contribution is 2.28. The number of carbonyl (C=O) groups is 1. The zero-order valence-corrected chi connectivity index (χ0v) is 16.4. The molecule has 2 rings (SSSR count). The van der Waals surface area contributed by atoms with Crippen molar-refractivity contribution in [3.63, 3.8) is 0 Å². The molecule has 0 aliphatic carbocycles. The molecule has 0 aromatic heterocycles. The van der Waals surface area contributed by atoms with E-state index in [0.29, 0.717) is 12.3 Å². The number of nitrogens with zero attached hydrogens (tertiary/aromatic N) is 1. The number of nitro benzene ring substituents is 1. The van der Waals surface area contributed by atoms with E-state index in [1.165, 1.54) is 25.3 Å². The van der Waals surface area contributed by atoms with Crippen LogP contribution in [0.5, 0.6) is 5.75 Å². The van der Waals surface area contributed by atoms with Crippen molar-refractivity contribution in [3.05, 3.63) is 62.6 Å². The summed E-state index contributed by atoms with van der Waals surface area (Å²) < 4.78 is 6.18. The topological polar surface area (TPSA) is 85.9 Å². The van der Waals surface area contributed by atoms with Gasteiger partial charge >= 0.3 is 0 Å².